The molecule has 0 bridgehead atoms. The number of hydrogen-bond acceptors (Lipinski definition) is 4. The molecule has 0 fully saturated rings. The molecule has 1 amide bonds. The normalized spacial score (nSPS) is 9.47. The highest BCUT2D eigenvalue weighted by Gasteiger charge is 2.14. The molecule has 6 nitrogen and oxygen atoms in total. The SMILES string of the molecule is C=CCOC(=O)Nc1ncc(C)cc1C(=O)O. The van der Waals surface area contributed by atoms with E-state index in [-0.39, 0.29) is 18.0 Å². The number of pyridine rings is 1. The molecule has 0 aliphatic heterocycles. The summed E-state index contributed by atoms with van der Waals surface area (Å²) in [4.78, 5) is 26.0. The first kappa shape index (κ1) is 12.7. The molecule has 17 heavy (non-hydrogen) atoms. The van der Waals surface area contributed by atoms with E-state index in [9.17, 15) is 9.59 Å². The summed E-state index contributed by atoms with van der Waals surface area (Å²) < 4.78 is 4.66. The smallest absolute Gasteiger partial charge is 0.413 e. The third-order valence-electron chi connectivity index (χ3n) is 1.81. The number of carboxylic acids is 1. The highest BCUT2D eigenvalue weighted by atomic mass is 16.5. The van der Waals surface area contributed by atoms with Gasteiger partial charge in [0.05, 0.1) is 0 Å². The molecule has 0 atom stereocenters. The van der Waals surface area contributed by atoms with E-state index in [2.05, 4.69) is 21.6 Å². The number of rotatable bonds is 4. The Morgan fingerprint density at radius 2 is 2.35 bits per heavy atom. The van der Waals surface area contributed by atoms with E-state index in [1.54, 1.807) is 6.92 Å². The monoisotopic (exact) mass is 236 g/mol. The number of aromatic nitrogens is 1. The van der Waals surface area contributed by atoms with Crippen LogP contribution in [-0.4, -0.2) is 28.8 Å². The number of ether oxygens (including phenoxy) is 1. The summed E-state index contributed by atoms with van der Waals surface area (Å²) in [6.45, 7) is 5.13. The van der Waals surface area contributed by atoms with Crippen molar-refractivity contribution in [3.63, 3.8) is 0 Å². The van der Waals surface area contributed by atoms with E-state index in [0.717, 1.165) is 0 Å². The standard InChI is InChI=1S/C11H12N2O4/c1-3-4-17-11(16)13-9-8(10(14)15)5-7(2)6-12-9/h3,5-6H,1,4H2,2H3,(H,14,15)(H,12,13,16). The maximum Gasteiger partial charge on any atom is 0.413 e. The number of amides is 1. The lowest BCUT2D eigenvalue weighted by Gasteiger charge is -2.07. The Morgan fingerprint density at radius 1 is 1.65 bits per heavy atom. The second-order valence-corrected chi connectivity index (χ2v) is 3.23. The molecule has 1 aromatic heterocycles. The van der Waals surface area contributed by atoms with Crippen molar-refractivity contribution in [2.45, 2.75) is 6.92 Å². The highest BCUT2D eigenvalue weighted by Crippen LogP contribution is 2.14. The molecule has 1 rings (SSSR count). The fourth-order valence-electron chi connectivity index (χ4n) is 1.10. The summed E-state index contributed by atoms with van der Waals surface area (Å²) in [7, 11) is 0. The fraction of sp³-hybridized carbons (Fsp3) is 0.182. The van der Waals surface area contributed by atoms with Crippen LogP contribution >= 0.6 is 0 Å². The topological polar surface area (TPSA) is 88.5 Å². The molecular formula is C11H12N2O4. The number of carbonyl (C=O) groups is 2. The molecule has 2 N–H and O–H groups in total. The number of nitrogens with one attached hydrogen (secondary N) is 1. The van der Waals surface area contributed by atoms with Crippen LogP contribution in [0.25, 0.3) is 0 Å². The highest BCUT2D eigenvalue weighted by molar-refractivity contribution is 5.97. The van der Waals surface area contributed by atoms with Crippen LogP contribution in [0.5, 0.6) is 0 Å². The van der Waals surface area contributed by atoms with Crippen LogP contribution < -0.4 is 5.32 Å². The molecule has 0 radical (unpaired) electrons. The van der Waals surface area contributed by atoms with Crippen LogP contribution in [0.4, 0.5) is 10.6 Å². The van der Waals surface area contributed by atoms with Crippen LogP contribution in [-0.2, 0) is 4.74 Å². The number of aromatic carboxylic acids is 1. The number of aryl methyl sites for hydroxylation is 1. The molecule has 1 aromatic rings. The second kappa shape index (κ2) is 5.64. The molecule has 1 heterocycles. The van der Waals surface area contributed by atoms with Crippen molar-refractivity contribution in [3.05, 3.63) is 36.0 Å². The molecule has 0 unspecified atom stereocenters. The Kier molecular flexibility index (Phi) is 4.21. The summed E-state index contributed by atoms with van der Waals surface area (Å²) in [5.41, 5.74) is 0.605. The zero-order valence-electron chi connectivity index (χ0n) is 9.27. The van der Waals surface area contributed by atoms with Crippen molar-refractivity contribution in [2.75, 3.05) is 11.9 Å². The van der Waals surface area contributed by atoms with Crippen LogP contribution in [0, 0.1) is 6.92 Å². The summed E-state index contributed by atoms with van der Waals surface area (Å²) >= 11 is 0. The molecule has 0 spiro atoms. The molecular weight excluding hydrogens is 224 g/mol. The number of carbonyl (C=O) groups excluding carboxylic acids is 1. The molecule has 90 valence electrons. The first-order valence-electron chi connectivity index (χ1n) is 4.79. The fourth-order valence-corrected chi connectivity index (χ4v) is 1.10. The van der Waals surface area contributed by atoms with Gasteiger partial charge in [-0.3, -0.25) is 5.32 Å². The quantitative estimate of drug-likeness (QED) is 0.778. The number of hydrogen-bond donors (Lipinski definition) is 2. The molecule has 0 saturated heterocycles. The van der Waals surface area contributed by atoms with Gasteiger partial charge in [0.2, 0.25) is 0 Å². The van der Waals surface area contributed by atoms with Crippen LogP contribution in [0.15, 0.2) is 24.9 Å². The van der Waals surface area contributed by atoms with E-state index < -0.39 is 12.1 Å². The first-order chi connectivity index (χ1) is 8.04. The maximum absolute atomic E-state index is 11.2. The lowest BCUT2D eigenvalue weighted by molar-refractivity contribution is 0.0697. The minimum absolute atomic E-state index is 0.0418. The zero-order valence-corrected chi connectivity index (χ0v) is 9.27. The Balaban J connectivity index is 2.86. The summed E-state index contributed by atoms with van der Waals surface area (Å²) in [6, 6.07) is 1.42. The van der Waals surface area contributed by atoms with Gasteiger partial charge in [-0.05, 0) is 18.6 Å². The Morgan fingerprint density at radius 3 is 2.94 bits per heavy atom. The molecule has 0 saturated carbocycles. The van der Waals surface area contributed by atoms with Gasteiger partial charge >= 0.3 is 12.1 Å². The van der Waals surface area contributed by atoms with Crippen molar-refractivity contribution in [3.8, 4) is 0 Å². The maximum atomic E-state index is 11.2. The van der Waals surface area contributed by atoms with Crippen molar-refractivity contribution in [1.82, 2.24) is 4.98 Å². The number of carboxylic acid groups (broad SMARTS) is 1. The summed E-state index contributed by atoms with van der Waals surface area (Å²) in [5, 5.41) is 11.2. The Bertz CT molecular complexity index is 457. The molecule has 0 aliphatic rings. The van der Waals surface area contributed by atoms with Gasteiger partial charge in [0.15, 0.2) is 0 Å². The summed E-state index contributed by atoms with van der Waals surface area (Å²) in [5.74, 6) is -1.21. The number of anilines is 1. The van der Waals surface area contributed by atoms with E-state index in [4.69, 9.17) is 5.11 Å². The van der Waals surface area contributed by atoms with E-state index in [1.807, 2.05) is 0 Å². The average molecular weight is 236 g/mol. The third-order valence-corrected chi connectivity index (χ3v) is 1.81. The van der Waals surface area contributed by atoms with E-state index >= 15 is 0 Å². The first-order valence-corrected chi connectivity index (χ1v) is 4.79. The predicted molar refractivity (Wildman–Crippen MR) is 61.1 cm³/mol. The molecule has 0 aliphatic carbocycles. The van der Waals surface area contributed by atoms with Gasteiger partial charge in [0.1, 0.15) is 18.0 Å². The van der Waals surface area contributed by atoms with Gasteiger partial charge in [-0.15, -0.1) is 0 Å². The Hall–Kier alpha value is -2.37. The second-order valence-electron chi connectivity index (χ2n) is 3.23. The lowest BCUT2D eigenvalue weighted by Crippen LogP contribution is -2.17. The largest absolute Gasteiger partial charge is 0.478 e. The third kappa shape index (κ3) is 3.60. The van der Waals surface area contributed by atoms with Gasteiger partial charge in [-0.25, -0.2) is 14.6 Å². The van der Waals surface area contributed by atoms with Crippen LogP contribution in [0.1, 0.15) is 15.9 Å². The lowest BCUT2D eigenvalue weighted by atomic mass is 10.2. The molecule has 6 heteroatoms. The van der Waals surface area contributed by atoms with Crippen molar-refractivity contribution in [1.29, 1.82) is 0 Å². The zero-order chi connectivity index (χ0) is 12.8. The predicted octanol–water partition coefficient (Wildman–Crippen LogP) is 1.82. The minimum Gasteiger partial charge on any atom is -0.478 e. The van der Waals surface area contributed by atoms with E-state index in [0.29, 0.717) is 5.56 Å². The van der Waals surface area contributed by atoms with Crippen molar-refractivity contribution < 1.29 is 19.4 Å². The van der Waals surface area contributed by atoms with Gasteiger partial charge in [0.25, 0.3) is 0 Å². The van der Waals surface area contributed by atoms with Gasteiger partial charge in [-0.1, -0.05) is 12.7 Å². The van der Waals surface area contributed by atoms with Crippen molar-refractivity contribution >= 4 is 17.9 Å². The van der Waals surface area contributed by atoms with Gasteiger partial charge < -0.3 is 9.84 Å². The minimum atomic E-state index is -1.17. The Labute approximate surface area is 97.9 Å². The molecule has 0 aromatic carbocycles. The van der Waals surface area contributed by atoms with Gasteiger partial charge in [0, 0.05) is 6.20 Å². The van der Waals surface area contributed by atoms with Crippen molar-refractivity contribution in [2.24, 2.45) is 0 Å². The van der Waals surface area contributed by atoms with E-state index in [1.165, 1.54) is 18.3 Å². The van der Waals surface area contributed by atoms with Crippen LogP contribution in [0.3, 0.4) is 0 Å². The summed E-state index contributed by atoms with van der Waals surface area (Å²) in [6.07, 6.45) is 2.08. The van der Waals surface area contributed by atoms with Gasteiger partial charge in [-0.2, -0.15) is 0 Å². The number of nitrogens with zero attached hydrogens (tertiary/aromatic N) is 1. The average Bonchev–Trinajstić information content (AvgIpc) is 2.28. The van der Waals surface area contributed by atoms with Crippen LogP contribution in [0.2, 0.25) is 0 Å².